The molecule has 0 radical (unpaired) electrons. The minimum atomic E-state index is 0. The van der Waals surface area contributed by atoms with Gasteiger partial charge in [0.2, 0.25) is 0 Å². The summed E-state index contributed by atoms with van der Waals surface area (Å²) in [6.45, 7) is 4.35. The predicted molar refractivity (Wildman–Crippen MR) is 78.5 cm³/mol. The van der Waals surface area contributed by atoms with Crippen molar-refractivity contribution in [2.45, 2.75) is 26.3 Å². The van der Waals surface area contributed by atoms with Crippen LogP contribution in [0.2, 0.25) is 0 Å². The molecule has 100 valence electrons. The van der Waals surface area contributed by atoms with Crippen LogP contribution in [-0.4, -0.2) is 12.1 Å². The highest BCUT2D eigenvalue weighted by atomic mass is 35.5. The lowest BCUT2D eigenvalue weighted by Gasteiger charge is -2.17. The van der Waals surface area contributed by atoms with Gasteiger partial charge in [0.15, 0.2) is 0 Å². The molecule has 2 atom stereocenters. The minimum absolute atomic E-state index is 0. The van der Waals surface area contributed by atoms with Gasteiger partial charge in [0, 0.05) is 23.1 Å². The summed E-state index contributed by atoms with van der Waals surface area (Å²) >= 11 is 0. The van der Waals surface area contributed by atoms with E-state index in [-0.39, 0.29) is 18.4 Å². The Morgan fingerprint density at radius 1 is 1.39 bits per heavy atom. The van der Waals surface area contributed by atoms with Crippen molar-refractivity contribution < 1.29 is 4.74 Å². The van der Waals surface area contributed by atoms with Crippen molar-refractivity contribution in [3.63, 3.8) is 0 Å². The van der Waals surface area contributed by atoms with Crippen molar-refractivity contribution >= 4 is 23.3 Å². The molecule has 0 saturated carbocycles. The third kappa shape index (κ3) is 2.62. The summed E-state index contributed by atoms with van der Waals surface area (Å²) in [6, 6.07) is 6.10. The van der Waals surface area contributed by atoms with Crippen LogP contribution < -0.4 is 10.5 Å². The van der Waals surface area contributed by atoms with Crippen molar-refractivity contribution in [3.05, 3.63) is 30.0 Å². The minimum Gasteiger partial charge on any atom is -0.497 e. The van der Waals surface area contributed by atoms with E-state index in [2.05, 4.69) is 18.8 Å². The molecule has 3 nitrogen and oxygen atoms in total. The molecule has 0 aliphatic heterocycles. The Kier molecular flexibility index (Phi) is 5.05. The molecule has 0 spiro atoms. The van der Waals surface area contributed by atoms with Gasteiger partial charge in [0.1, 0.15) is 5.75 Å². The van der Waals surface area contributed by atoms with Crippen LogP contribution in [0, 0.1) is 5.92 Å². The van der Waals surface area contributed by atoms with Crippen molar-refractivity contribution in [3.8, 4) is 5.75 Å². The fourth-order valence-electron chi connectivity index (χ4n) is 2.08. The smallest absolute Gasteiger partial charge is 0.119 e. The number of fused-ring (bicyclic) bond motifs is 1. The number of methoxy groups -OCH3 is 1. The lowest BCUT2D eigenvalue weighted by atomic mass is 9.93. The van der Waals surface area contributed by atoms with E-state index < -0.39 is 0 Å². The summed E-state index contributed by atoms with van der Waals surface area (Å²) in [5.74, 6) is 1.34. The number of H-pyrrole nitrogens is 1. The molecule has 0 aliphatic carbocycles. The van der Waals surface area contributed by atoms with Gasteiger partial charge in [0.25, 0.3) is 0 Å². The molecule has 1 unspecified atom stereocenters. The Morgan fingerprint density at radius 3 is 2.72 bits per heavy atom. The summed E-state index contributed by atoms with van der Waals surface area (Å²) in [5, 5.41) is 1.16. The molecule has 0 fully saturated rings. The van der Waals surface area contributed by atoms with E-state index in [1.807, 2.05) is 24.4 Å². The van der Waals surface area contributed by atoms with Crippen molar-refractivity contribution in [1.82, 2.24) is 4.98 Å². The van der Waals surface area contributed by atoms with Crippen LogP contribution in [-0.2, 0) is 0 Å². The molecule has 4 heteroatoms. The first-order valence-corrected chi connectivity index (χ1v) is 6.08. The third-order valence-corrected chi connectivity index (χ3v) is 3.54. The molecule has 1 aromatic heterocycles. The molecular formula is C14H21ClN2O. The Hall–Kier alpha value is -1.19. The highest BCUT2D eigenvalue weighted by molar-refractivity contribution is 5.85. The zero-order chi connectivity index (χ0) is 12.4. The summed E-state index contributed by atoms with van der Waals surface area (Å²) in [5.41, 5.74) is 8.58. The van der Waals surface area contributed by atoms with Gasteiger partial charge in [-0.2, -0.15) is 0 Å². The zero-order valence-corrected chi connectivity index (χ0v) is 11.9. The molecule has 3 N–H and O–H groups in total. The maximum Gasteiger partial charge on any atom is 0.119 e. The molecule has 2 aromatic rings. The van der Waals surface area contributed by atoms with E-state index in [4.69, 9.17) is 10.5 Å². The van der Waals surface area contributed by atoms with Crippen LogP contribution in [0.5, 0.6) is 5.75 Å². The Bertz CT molecular complexity index is 509. The average molecular weight is 269 g/mol. The lowest BCUT2D eigenvalue weighted by molar-refractivity contribution is 0.415. The zero-order valence-electron chi connectivity index (χ0n) is 11.1. The quantitative estimate of drug-likeness (QED) is 0.889. The van der Waals surface area contributed by atoms with E-state index in [0.29, 0.717) is 5.92 Å². The van der Waals surface area contributed by atoms with Gasteiger partial charge < -0.3 is 15.5 Å². The van der Waals surface area contributed by atoms with E-state index in [9.17, 15) is 0 Å². The van der Waals surface area contributed by atoms with E-state index in [0.717, 1.165) is 23.1 Å². The van der Waals surface area contributed by atoms with Crippen molar-refractivity contribution in [1.29, 1.82) is 0 Å². The van der Waals surface area contributed by atoms with Crippen molar-refractivity contribution in [2.24, 2.45) is 11.7 Å². The fraction of sp³-hybridized carbons (Fsp3) is 0.429. The largest absolute Gasteiger partial charge is 0.497 e. The molecular weight excluding hydrogens is 248 g/mol. The number of ether oxygens (including phenoxy) is 1. The van der Waals surface area contributed by atoms with E-state index in [1.54, 1.807) is 7.11 Å². The SMILES string of the molecule is CCC(C)[C@H](N)c1c[nH]c2ccc(OC)cc12.Cl. The highest BCUT2D eigenvalue weighted by Crippen LogP contribution is 2.30. The average Bonchev–Trinajstić information content (AvgIpc) is 2.79. The Balaban J connectivity index is 0.00000162. The molecule has 18 heavy (non-hydrogen) atoms. The standard InChI is InChI=1S/C14H20N2O.ClH/c1-4-9(2)14(15)12-8-16-13-6-5-10(17-3)7-11(12)13;/h5-9,14,16H,4,15H2,1-3H3;1H/t9?,14-;/m0./s1. The maximum absolute atomic E-state index is 6.29. The van der Waals surface area contributed by atoms with E-state index >= 15 is 0 Å². The number of hydrogen-bond donors (Lipinski definition) is 2. The van der Waals surface area contributed by atoms with Gasteiger partial charge >= 0.3 is 0 Å². The maximum atomic E-state index is 6.29. The van der Waals surface area contributed by atoms with E-state index in [1.165, 1.54) is 5.56 Å². The van der Waals surface area contributed by atoms with Crippen LogP contribution in [0.15, 0.2) is 24.4 Å². The Labute approximate surface area is 114 Å². The molecule has 0 aliphatic rings. The number of aromatic nitrogens is 1. The molecule has 0 bridgehead atoms. The summed E-state index contributed by atoms with van der Waals surface area (Å²) in [7, 11) is 1.68. The number of rotatable bonds is 4. The van der Waals surface area contributed by atoms with Crippen LogP contribution in [0.1, 0.15) is 31.9 Å². The second-order valence-corrected chi connectivity index (χ2v) is 4.57. The lowest BCUT2D eigenvalue weighted by Crippen LogP contribution is -2.18. The first kappa shape index (κ1) is 14.9. The number of aromatic amines is 1. The van der Waals surface area contributed by atoms with Gasteiger partial charge in [0.05, 0.1) is 7.11 Å². The van der Waals surface area contributed by atoms with Crippen LogP contribution in [0.4, 0.5) is 0 Å². The highest BCUT2D eigenvalue weighted by Gasteiger charge is 2.17. The number of nitrogens with two attached hydrogens (primary N) is 1. The number of hydrogen-bond acceptors (Lipinski definition) is 2. The molecule has 2 rings (SSSR count). The van der Waals surface area contributed by atoms with Crippen LogP contribution >= 0.6 is 12.4 Å². The second kappa shape index (κ2) is 6.12. The van der Waals surface area contributed by atoms with Gasteiger partial charge in [-0.15, -0.1) is 12.4 Å². The molecule has 0 amide bonds. The molecule has 0 saturated heterocycles. The summed E-state index contributed by atoms with van der Waals surface area (Å²) < 4.78 is 5.26. The monoisotopic (exact) mass is 268 g/mol. The predicted octanol–water partition coefficient (Wildman–Crippen LogP) is 3.64. The summed E-state index contributed by atoms with van der Waals surface area (Å²) in [4.78, 5) is 3.26. The van der Waals surface area contributed by atoms with Gasteiger partial charge in [-0.3, -0.25) is 0 Å². The fourth-order valence-corrected chi connectivity index (χ4v) is 2.08. The first-order chi connectivity index (χ1) is 8.17. The van der Waals surface area contributed by atoms with Gasteiger partial charge in [-0.05, 0) is 29.7 Å². The molecule has 1 aromatic carbocycles. The third-order valence-electron chi connectivity index (χ3n) is 3.54. The van der Waals surface area contributed by atoms with Crippen molar-refractivity contribution in [2.75, 3.05) is 7.11 Å². The van der Waals surface area contributed by atoms with Crippen LogP contribution in [0.25, 0.3) is 10.9 Å². The Morgan fingerprint density at radius 2 is 2.11 bits per heavy atom. The normalized spacial score (nSPS) is 14.0. The topological polar surface area (TPSA) is 51.0 Å². The summed E-state index contributed by atoms with van der Waals surface area (Å²) in [6.07, 6.45) is 3.10. The first-order valence-electron chi connectivity index (χ1n) is 6.08. The number of halogens is 1. The molecule has 1 heterocycles. The number of nitrogens with one attached hydrogen (secondary N) is 1. The van der Waals surface area contributed by atoms with Crippen LogP contribution in [0.3, 0.4) is 0 Å². The number of benzene rings is 1. The van der Waals surface area contributed by atoms with Gasteiger partial charge in [-0.1, -0.05) is 20.3 Å². The van der Waals surface area contributed by atoms with Gasteiger partial charge in [-0.25, -0.2) is 0 Å². The second-order valence-electron chi connectivity index (χ2n) is 4.57.